The molecule has 0 radical (unpaired) electrons. The molecular formula is C8H14F3NO3. The van der Waals surface area contributed by atoms with Crippen LogP contribution in [-0.2, 0) is 9.53 Å². The summed E-state index contributed by atoms with van der Waals surface area (Å²) >= 11 is 0. The summed E-state index contributed by atoms with van der Waals surface area (Å²) in [5.41, 5.74) is 5.19. The Morgan fingerprint density at radius 2 is 2.07 bits per heavy atom. The molecule has 15 heavy (non-hydrogen) atoms. The van der Waals surface area contributed by atoms with Crippen LogP contribution in [0, 0.1) is 5.92 Å². The van der Waals surface area contributed by atoms with Crippen LogP contribution >= 0.6 is 0 Å². The van der Waals surface area contributed by atoms with Gasteiger partial charge in [0.1, 0.15) is 6.61 Å². The molecule has 0 rings (SSSR count). The summed E-state index contributed by atoms with van der Waals surface area (Å²) in [5, 5.41) is 8.45. The summed E-state index contributed by atoms with van der Waals surface area (Å²) < 4.78 is 39.4. The largest absolute Gasteiger partial charge is 0.481 e. The summed E-state index contributed by atoms with van der Waals surface area (Å²) in [7, 11) is 0. The second-order valence-electron chi connectivity index (χ2n) is 3.17. The van der Waals surface area contributed by atoms with Gasteiger partial charge >= 0.3 is 12.1 Å². The lowest BCUT2D eigenvalue weighted by atomic mass is 10.0. The maximum Gasteiger partial charge on any atom is 0.411 e. The van der Waals surface area contributed by atoms with Gasteiger partial charge < -0.3 is 15.6 Å². The SMILES string of the molecule is NCCC(COCC(F)(F)F)CC(=O)O. The molecule has 0 aromatic carbocycles. The van der Waals surface area contributed by atoms with Crippen LogP contribution in [-0.4, -0.2) is 37.0 Å². The predicted octanol–water partition coefficient (Wildman–Crippen LogP) is 1.01. The summed E-state index contributed by atoms with van der Waals surface area (Å²) in [6.07, 6.45) is -4.27. The minimum atomic E-state index is -4.38. The fraction of sp³-hybridized carbons (Fsp3) is 0.875. The summed E-state index contributed by atoms with van der Waals surface area (Å²) in [6, 6.07) is 0. The Bertz CT molecular complexity index is 196. The maximum absolute atomic E-state index is 11.7. The first-order chi connectivity index (χ1) is 6.85. The highest BCUT2D eigenvalue weighted by atomic mass is 19.4. The van der Waals surface area contributed by atoms with Crippen molar-refractivity contribution in [3.8, 4) is 0 Å². The van der Waals surface area contributed by atoms with E-state index in [0.29, 0.717) is 6.42 Å². The average Bonchev–Trinajstić information content (AvgIpc) is 2.00. The second kappa shape index (κ2) is 6.62. The third-order valence-electron chi connectivity index (χ3n) is 1.66. The number of ether oxygens (including phenoxy) is 1. The van der Waals surface area contributed by atoms with Crippen molar-refractivity contribution in [1.82, 2.24) is 0 Å². The van der Waals surface area contributed by atoms with Crippen molar-refractivity contribution in [2.24, 2.45) is 11.7 Å². The molecule has 1 unspecified atom stereocenters. The van der Waals surface area contributed by atoms with Crippen LogP contribution in [0.1, 0.15) is 12.8 Å². The minimum Gasteiger partial charge on any atom is -0.481 e. The highest BCUT2D eigenvalue weighted by molar-refractivity contribution is 5.67. The van der Waals surface area contributed by atoms with E-state index in [-0.39, 0.29) is 19.6 Å². The van der Waals surface area contributed by atoms with Gasteiger partial charge in [-0.3, -0.25) is 4.79 Å². The van der Waals surface area contributed by atoms with E-state index in [1.807, 2.05) is 0 Å². The summed E-state index contributed by atoms with van der Waals surface area (Å²) in [4.78, 5) is 10.3. The number of hydrogen-bond donors (Lipinski definition) is 2. The molecule has 0 aliphatic rings. The van der Waals surface area contributed by atoms with E-state index >= 15 is 0 Å². The highest BCUT2D eigenvalue weighted by Crippen LogP contribution is 2.16. The normalized spacial score (nSPS) is 13.9. The maximum atomic E-state index is 11.7. The number of halogens is 3. The third-order valence-corrected chi connectivity index (χ3v) is 1.66. The Labute approximate surface area is 85.2 Å². The zero-order valence-corrected chi connectivity index (χ0v) is 8.09. The molecule has 3 N–H and O–H groups in total. The van der Waals surface area contributed by atoms with Crippen molar-refractivity contribution in [3.05, 3.63) is 0 Å². The van der Waals surface area contributed by atoms with Gasteiger partial charge in [0.15, 0.2) is 0 Å². The Kier molecular flexibility index (Phi) is 6.26. The van der Waals surface area contributed by atoms with E-state index in [9.17, 15) is 18.0 Å². The van der Waals surface area contributed by atoms with E-state index in [2.05, 4.69) is 4.74 Å². The van der Waals surface area contributed by atoms with Crippen molar-refractivity contribution in [2.45, 2.75) is 19.0 Å². The Morgan fingerprint density at radius 1 is 1.47 bits per heavy atom. The van der Waals surface area contributed by atoms with Crippen molar-refractivity contribution < 1.29 is 27.8 Å². The number of alkyl halides is 3. The average molecular weight is 229 g/mol. The molecule has 0 heterocycles. The molecule has 0 saturated heterocycles. The van der Waals surface area contributed by atoms with E-state index in [1.54, 1.807) is 0 Å². The first-order valence-electron chi connectivity index (χ1n) is 4.41. The predicted molar refractivity (Wildman–Crippen MR) is 46.3 cm³/mol. The van der Waals surface area contributed by atoms with Crippen LogP contribution in [0.25, 0.3) is 0 Å². The van der Waals surface area contributed by atoms with Gasteiger partial charge in [0.05, 0.1) is 13.0 Å². The van der Waals surface area contributed by atoms with Crippen LogP contribution in [0.3, 0.4) is 0 Å². The fourth-order valence-electron chi connectivity index (χ4n) is 1.07. The Morgan fingerprint density at radius 3 is 2.47 bits per heavy atom. The summed E-state index contributed by atoms with van der Waals surface area (Å²) in [5.74, 6) is -1.53. The minimum absolute atomic E-state index is 0.227. The van der Waals surface area contributed by atoms with Crippen LogP contribution < -0.4 is 5.73 Å². The van der Waals surface area contributed by atoms with Gasteiger partial charge in [-0.2, -0.15) is 13.2 Å². The van der Waals surface area contributed by atoms with Crippen LogP contribution in [0.15, 0.2) is 0 Å². The lowest BCUT2D eigenvalue weighted by Crippen LogP contribution is -2.23. The number of nitrogens with two attached hydrogens (primary N) is 1. The van der Waals surface area contributed by atoms with E-state index < -0.39 is 24.7 Å². The molecule has 0 aliphatic carbocycles. The summed E-state index contributed by atoms with van der Waals surface area (Å²) in [6.45, 7) is -1.36. The van der Waals surface area contributed by atoms with Gasteiger partial charge in [0, 0.05) is 0 Å². The topological polar surface area (TPSA) is 72.5 Å². The molecule has 0 amide bonds. The van der Waals surface area contributed by atoms with E-state index in [1.165, 1.54) is 0 Å². The first-order valence-corrected chi connectivity index (χ1v) is 4.41. The fourth-order valence-corrected chi connectivity index (χ4v) is 1.07. The van der Waals surface area contributed by atoms with Crippen molar-refractivity contribution >= 4 is 5.97 Å². The highest BCUT2D eigenvalue weighted by Gasteiger charge is 2.28. The smallest absolute Gasteiger partial charge is 0.411 e. The van der Waals surface area contributed by atoms with Crippen LogP contribution in [0.4, 0.5) is 13.2 Å². The molecule has 90 valence electrons. The quantitative estimate of drug-likeness (QED) is 0.683. The zero-order chi connectivity index (χ0) is 11.9. The third kappa shape index (κ3) is 9.48. The number of aliphatic carboxylic acids is 1. The van der Waals surface area contributed by atoms with Gasteiger partial charge in [0.25, 0.3) is 0 Å². The van der Waals surface area contributed by atoms with E-state index in [4.69, 9.17) is 10.8 Å². The molecule has 0 saturated carbocycles. The number of hydrogen-bond acceptors (Lipinski definition) is 3. The number of carboxylic acid groups (broad SMARTS) is 1. The molecule has 4 nitrogen and oxygen atoms in total. The van der Waals surface area contributed by atoms with Crippen molar-refractivity contribution in [2.75, 3.05) is 19.8 Å². The van der Waals surface area contributed by atoms with Crippen LogP contribution in [0.5, 0.6) is 0 Å². The van der Waals surface area contributed by atoms with Gasteiger partial charge in [-0.15, -0.1) is 0 Å². The molecule has 0 spiro atoms. The van der Waals surface area contributed by atoms with Gasteiger partial charge in [-0.25, -0.2) is 0 Å². The van der Waals surface area contributed by atoms with Gasteiger partial charge in [-0.05, 0) is 18.9 Å². The number of carbonyl (C=O) groups is 1. The molecule has 1 atom stereocenters. The molecule has 0 aliphatic heterocycles. The second-order valence-corrected chi connectivity index (χ2v) is 3.17. The lowest BCUT2D eigenvalue weighted by Gasteiger charge is -2.14. The first kappa shape index (κ1) is 14.2. The monoisotopic (exact) mass is 229 g/mol. The molecule has 0 aromatic rings. The van der Waals surface area contributed by atoms with Crippen LogP contribution in [0.2, 0.25) is 0 Å². The zero-order valence-electron chi connectivity index (χ0n) is 8.09. The Balaban J connectivity index is 3.80. The van der Waals surface area contributed by atoms with E-state index in [0.717, 1.165) is 0 Å². The van der Waals surface area contributed by atoms with Crippen molar-refractivity contribution in [3.63, 3.8) is 0 Å². The molecular weight excluding hydrogens is 215 g/mol. The number of carboxylic acids is 1. The standard InChI is InChI=1S/C8H14F3NO3/c9-8(10,11)5-15-4-6(1-2-12)3-7(13)14/h6H,1-5,12H2,(H,13,14). The molecule has 0 bridgehead atoms. The molecule has 0 aromatic heterocycles. The Hall–Kier alpha value is -0.820. The molecule has 7 heteroatoms. The molecule has 0 fully saturated rings. The van der Waals surface area contributed by atoms with Gasteiger partial charge in [0.2, 0.25) is 0 Å². The van der Waals surface area contributed by atoms with Crippen molar-refractivity contribution in [1.29, 1.82) is 0 Å². The lowest BCUT2D eigenvalue weighted by molar-refractivity contribution is -0.177. The van der Waals surface area contributed by atoms with Gasteiger partial charge in [-0.1, -0.05) is 0 Å². The number of rotatable bonds is 7.